The van der Waals surface area contributed by atoms with Gasteiger partial charge < -0.3 is 24.4 Å². The van der Waals surface area contributed by atoms with Crippen LogP contribution in [0.1, 0.15) is 66.0 Å². The Bertz CT molecular complexity index is 1870. The fourth-order valence-corrected chi connectivity index (χ4v) is 7.42. The summed E-state index contributed by atoms with van der Waals surface area (Å²) in [7, 11) is 0. The van der Waals surface area contributed by atoms with E-state index in [4.69, 9.17) is 24.4 Å². The van der Waals surface area contributed by atoms with Crippen LogP contribution in [0.25, 0.3) is 6.08 Å². The molecule has 2 atom stereocenters. The number of hydrogen-bond donors (Lipinski definition) is 3. The predicted octanol–water partition coefficient (Wildman–Crippen LogP) is 7.02. The van der Waals surface area contributed by atoms with Gasteiger partial charge in [0.1, 0.15) is 36.1 Å². The molecule has 0 saturated carbocycles. The zero-order valence-corrected chi connectivity index (χ0v) is 30.7. The summed E-state index contributed by atoms with van der Waals surface area (Å²) in [6.45, 7) is 13.9. The van der Waals surface area contributed by atoms with Gasteiger partial charge in [-0.05, 0) is 112 Å². The highest BCUT2D eigenvalue weighted by molar-refractivity contribution is 8.18. The molecule has 1 unspecified atom stereocenters. The number of carbonyl (C=O) groups excluding carboxylic acids is 2. The third kappa shape index (κ3) is 9.23. The van der Waals surface area contributed by atoms with Crippen LogP contribution in [0, 0.1) is 20.8 Å². The lowest BCUT2D eigenvalue weighted by Gasteiger charge is -2.33. The number of carboxylic acid groups (broad SMARTS) is 2. The van der Waals surface area contributed by atoms with Gasteiger partial charge in [0.25, 0.3) is 11.1 Å². The van der Waals surface area contributed by atoms with Gasteiger partial charge in [0, 0.05) is 36.2 Å². The molecule has 2 saturated heterocycles. The molecule has 11 nitrogen and oxygen atoms in total. The molecular weight excluding hydrogens is 685 g/mol. The molecule has 274 valence electrons. The molecule has 0 aromatic heterocycles. The fourth-order valence-electron chi connectivity index (χ4n) is 6.73. The van der Waals surface area contributed by atoms with Gasteiger partial charge in [-0.15, -0.1) is 0 Å². The first kappa shape index (κ1) is 38.2. The third-order valence-electron chi connectivity index (χ3n) is 9.56. The largest absolute Gasteiger partial charge is 0.492 e. The molecule has 3 heterocycles. The maximum absolute atomic E-state index is 11.9. The van der Waals surface area contributed by atoms with Gasteiger partial charge in [0.05, 0.1) is 4.91 Å². The quantitative estimate of drug-likeness (QED) is 0.175. The lowest BCUT2D eigenvalue weighted by molar-refractivity contribution is -0.134. The Morgan fingerprint density at radius 3 is 2.25 bits per heavy atom. The highest BCUT2D eigenvalue weighted by Gasteiger charge is 2.46. The van der Waals surface area contributed by atoms with Gasteiger partial charge in [-0.25, -0.2) is 9.59 Å². The van der Waals surface area contributed by atoms with Crippen LogP contribution in [0.2, 0.25) is 0 Å². The number of nitrogens with zero attached hydrogens (tertiary/aromatic N) is 1. The molecule has 2 amide bonds. The molecule has 52 heavy (non-hydrogen) atoms. The molecule has 3 N–H and O–H groups in total. The Hall–Kier alpha value is -5.07. The third-order valence-corrected chi connectivity index (χ3v) is 10.4. The van der Waals surface area contributed by atoms with E-state index in [1.807, 2.05) is 42.5 Å². The fraction of sp³-hybridized carbons (Fsp3) is 0.350. The van der Waals surface area contributed by atoms with Crippen LogP contribution in [-0.2, 0) is 21.0 Å². The topological polar surface area (TPSA) is 152 Å². The monoisotopic (exact) mass is 728 g/mol. The number of imide groups is 1. The number of fused-ring (bicyclic) bond motifs is 1. The Labute approximate surface area is 307 Å². The molecule has 0 aliphatic carbocycles. The van der Waals surface area contributed by atoms with E-state index in [0.29, 0.717) is 36.3 Å². The zero-order chi connectivity index (χ0) is 37.6. The molecule has 0 bridgehead atoms. The molecular formula is C40H44N2O9S. The van der Waals surface area contributed by atoms with Crippen molar-refractivity contribution < 1.29 is 43.6 Å². The first-order valence-electron chi connectivity index (χ1n) is 17.1. The number of carboxylic acids is 2. The van der Waals surface area contributed by atoms with Crippen LogP contribution >= 0.6 is 11.8 Å². The van der Waals surface area contributed by atoms with E-state index in [1.165, 1.54) is 11.1 Å². The summed E-state index contributed by atoms with van der Waals surface area (Å²) >= 11 is 0.922. The van der Waals surface area contributed by atoms with Gasteiger partial charge in [-0.2, -0.15) is 0 Å². The Morgan fingerprint density at radius 2 is 1.63 bits per heavy atom. The minimum absolute atomic E-state index is 0.196. The molecule has 12 heteroatoms. The number of hydrogen-bond acceptors (Lipinski definition) is 9. The first-order chi connectivity index (χ1) is 24.7. The number of carbonyl (C=O) groups is 4. The summed E-state index contributed by atoms with van der Waals surface area (Å²) in [5.41, 5.74) is 6.40. The van der Waals surface area contributed by atoms with Crippen molar-refractivity contribution in [1.29, 1.82) is 0 Å². The Kier molecular flexibility index (Phi) is 12.1. The second-order valence-corrected chi connectivity index (χ2v) is 14.5. The van der Waals surface area contributed by atoms with E-state index in [2.05, 4.69) is 57.0 Å². The van der Waals surface area contributed by atoms with Crippen LogP contribution in [0.4, 0.5) is 4.79 Å². The normalized spacial score (nSPS) is 19.9. The first-order valence-corrected chi connectivity index (χ1v) is 17.9. The second kappa shape index (κ2) is 16.5. The molecule has 2 fully saturated rings. The van der Waals surface area contributed by atoms with Crippen molar-refractivity contribution in [2.45, 2.75) is 71.6 Å². The lowest BCUT2D eigenvalue weighted by Crippen LogP contribution is -2.42. The van der Waals surface area contributed by atoms with Gasteiger partial charge in [0.15, 0.2) is 0 Å². The average molecular weight is 729 g/mol. The van der Waals surface area contributed by atoms with E-state index < -0.39 is 11.9 Å². The molecule has 0 spiro atoms. The van der Waals surface area contributed by atoms with Crippen molar-refractivity contribution in [3.63, 3.8) is 0 Å². The number of ether oxygens (including phenoxy) is 3. The molecule has 3 aromatic rings. The van der Waals surface area contributed by atoms with Crippen LogP contribution in [0.3, 0.4) is 0 Å². The molecule has 6 rings (SSSR count). The highest BCUT2D eigenvalue weighted by atomic mass is 32.2. The smallest absolute Gasteiger partial charge is 0.328 e. The maximum atomic E-state index is 11.9. The van der Waals surface area contributed by atoms with Gasteiger partial charge in [-0.3, -0.25) is 19.8 Å². The van der Waals surface area contributed by atoms with Crippen LogP contribution in [-0.4, -0.2) is 69.5 Å². The SMILES string of the molecule is Cc1c(C)c2c(c(C)c1OCc1ccccc1)C(CN1CCC[C@H]1COc1ccc(C=C3SC(=O)NC3=O)cc1)C(C)(C)O2.O=C(O)/C=C\C(=O)O. The highest BCUT2D eigenvalue weighted by Crippen LogP contribution is 2.52. The number of nitrogens with one attached hydrogen (secondary N) is 1. The standard InChI is InChI=1S/C36H40N2O5S.C4H4O4/c1-22-23(2)33-31(24(3)32(22)42-20-26-10-7-6-8-11-26)29(36(4,5)43-33)19-38-17-9-12-27(38)21-41-28-15-13-25(14-16-28)18-30-34(39)37-35(40)44-30;5-3(6)1-2-4(7)8/h6-8,10-11,13-16,18,27,29H,9,12,17,19-21H2,1-5H3,(H,37,39,40);1-2H,(H,5,6)(H,7,8)/b;2-1-/t27-,29?;/m0./s1. The average Bonchev–Trinajstić information content (AvgIpc) is 3.77. The van der Waals surface area contributed by atoms with Crippen molar-refractivity contribution >= 4 is 40.9 Å². The van der Waals surface area contributed by atoms with Crippen molar-refractivity contribution in [1.82, 2.24) is 10.2 Å². The van der Waals surface area contributed by atoms with E-state index in [-0.39, 0.29) is 22.7 Å². The minimum Gasteiger partial charge on any atom is -0.492 e. The van der Waals surface area contributed by atoms with Crippen LogP contribution < -0.4 is 19.5 Å². The number of amides is 2. The number of benzene rings is 3. The summed E-state index contributed by atoms with van der Waals surface area (Å²) in [5, 5.41) is 17.6. The lowest BCUT2D eigenvalue weighted by atomic mass is 9.82. The van der Waals surface area contributed by atoms with Crippen LogP contribution in [0.15, 0.2) is 71.7 Å². The van der Waals surface area contributed by atoms with E-state index in [1.54, 1.807) is 6.08 Å². The summed E-state index contributed by atoms with van der Waals surface area (Å²) in [6.07, 6.45) is 5.06. The Balaban J connectivity index is 0.000000587. The summed E-state index contributed by atoms with van der Waals surface area (Å²) < 4.78 is 19.5. The predicted molar refractivity (Wildman–Crippen MR) is 199 cm³/mol. The Morgan fingerprint density at radius 1 is 0.962 bits per heavy atom. The summed E-state index contributed by atoms with van der Waals surface area (Å²) in [5.74, 6) is 0.103. The minimum atomic E-state index is -1.26. The molecule has 3 aliphatic rings. The molecule has 3 aliphatic heterocycles. The number of likely N-dealkylation sites (tertiary alicyclic amines) is 1. The number of aliphatic carboxylic acids is 2. The van der Waals surface area contributed by atoms with Gasteiger partial charge >= 0.3 is 11.9 Å². The van der Waals surface area contributed by atoms with E-state index in [0.717, 1.165) is 77.2 Å². The number of rotatable bonds is 11. The van der Waals surface area contributed by atoms with Crippen molar-refractivity contribution in [3.05, 3.63) is 105 Å². The zero-order valence-electron chi connectivity index (χ0n) is 29.9. The number of thioether (sulfide) groups is 1. The van der Waals surface area contributed by atoms with Gasteiger partial charge in [0.2, 0.25) is 0 Å². The second-order valence-electron chi connectivity index (χ2n) is 13.5. The summed E-state index contributed by atoms with van der Waals surface area (Å²) in [6, 6.07) is 18.3. The van der Waals surface area contributed by atoms with E-state index in [9.17, 15) is 19.2 Å². The molecule has 3 aromatic carbocycles. The van der Waals surface area contributed by atoms with E-state index >= 15 is 0 Å². The molecule has 0 radical (unpaired) electrons. The van der Waals surface area contributed by atoms with Crippen molar-refractivity contribution in [3.8, 4) is 17.2 Å². The van der Waals surface area contributed by atoms with Crippen LogP contribution in [0.5, 0.6) is 17.2 Å². The summed E-state index contributed by atoms with van der Waals surface area (Å²) in [4.78, 5) is 45.4. The van der Waals surface area contributed by atoms with Gasteiger partial charge in [-0.1, -0.05) is 42.5 Å². The van der Waals surface area contributed by atoms with Crippen molar-refractivity contribution in [2.24, 2.45) is 0 Å². The maximum Gasteiger partial charge on any atom is 0.328 e. The van der Waals surface area contributed by atoms with Crippen molar-refractivity contribution in [2.75, 3.05) is 19.7 Å².